The van der Waals surface area contributed by atoms with Crippen LogP contribution in [0.1, 0.15) is 18.3 Å². The molecule has 0 N–H and O–H groups in total. The molecule has 0 saturated carbocycles. The Balaban J connectivity index is 2.70. The Bertz CT molecular complexity index is 320. The number of rotatable bonds is 5. The fraction of sp³-hybridized carbons (Fsp3) is 0.600. The molecule has 0 bridgehead atoms. The smallest absolute Gasteiger partial charge is 0.148 e. The van der Waals surface area contributed by atoms with Crippen molar-refractivity contribution in [3.8, 4) is 0 Å². The monoisotopic (exact) mass is 212 g/mol. The zero-order valence-electron chi connectivity index (χ0n) is 8.91. The molecule has 78 valence electrons. The van der Waals surface area contributed by atoms with Crippen molar-refractivity contribution in [3.63, 3.8) is 0 Å². The van der Waals surface area contributed by atoms with E-state index in [0.29, 0.717) is 12.2 Å². The first-order valence-corrected chi connectivity index (χ1v) is 6.10. The minimum atomic E-state index is 0.270. The molecule has 0 radical (unpaired) electrons. The molecule has 1 heterocycles. The van der Waals surface area contributed by atoms with Crippen molar-refractivity contribution in [1.82, 2.24) is 9.78 Å². The molecule has 0 atom stereocenters. The molecule has 0 aliphatic rings. The van der Waals surface area contributed by atoms with Crippen LogP contribution in [0.2, 0.25) is 0 Å². The number of hydrogen-bond acceptors (Lipinski definition) is 3. The van der Waals surface area contributed by atoms with Gasteiger partial charge >= 0.3 is 0 Å². The van der Waals surface area contributed by atoms with Crippen molar-refractivity contribution in [3.05, 3.63) is 17.5 Å². The average molecular weight is 212 g/mol. The number of hydrogen-bond donors (Lipinski definition) is 0. The van der Waals surface area contributed by atoms with E-state index in [4.69, 9.17) is 0 Å². The van der Waals surface area contributed by atoms with Gasteiger partial charge in [0, 0.05) is 18.7 Å². The van der Waals surface area contributed by atoms with Crippen LogP contribution in [0, 0.1) is 6.92 Å². The normalized spacial score (nSPS) is 10.5. The van der Waals surface area contributed by atoms with E-state index in [1.807, 2.05) is 30.9 Å². The summed E-state index contributed by atoms with van der Waals surface area (Å²) in [4.78, 5) is 11.4. The van der Waals surface area contributed by atoms with Crippen LogP contribution in [0.4, 0.5) is 0 Å². The summed E-state index contributed by atoms with van der Waals surface area (Å²) < 4.78 is 1.90. The Morgan fingerprint density at radius 1 is 1.64 bits per heavy atom. The molecular weight excluding hydrogens is 196 g/mol. The Hall–Kier alpha value is -0.770. The van der Waals surface area contributed by atoms with Crippen molar-refractivity contribution in [2.45, 2.75) is 26.8 Å². The molecule has 0 aliphatic carbocycles. The summed E-state index contributed by atoms with van der Waals surface area (Å²) in [5, 5.41) is 4.30. The van der Waals surface area contributed by atoms with Crippen molar-refractivity contribution in [2.24, 2.45) is 0 Å². The maximum Gasteiger partial charge on any atom is 0.148 e. The van der Waals surface area contributed by atoms with E-state index < -0.39 is 0 Å². The third-order valence-corrected chi connectivity index (χ3v) is 2.58. The van der Waals surface area contributed by atoms with Crippen LogP contribution in [-0.4, -0.2) is 27.6 Å². The van der Waals surface area contributed by atoms with E-state index in [-0.39, 0.29) is 5.78 Å². The van der Waals surface area contributed by atoms with Gasteiger partial charge in [0.05, 0.1) is 11.4 Å². The van der Waals surface area contributed by atoms with Crippen molar-refractivity contribution < 1.29 is 4.79 Å². The minimum Gasteiger partial charge on any atom is -0.298 e. The highest BCUT2D eigenvalue weighted by Gasteiger charge is 2.08. The second-order valence-corrected chi connectivity index (χ2v) is 4.11. The Kier molecular flexibility index (Phi) is 4.20. The first-order chi connectivity index (χ1) is 6.67. The fourth-order valence-corrected chi connectivity index (χ4v) is 1.85. The highest BCUT2D eigenvalue weighted by Crippen LogP contribution is 2.06. The lowest BCUT2D eigenvalue weighted by atomic mass is 10.2. The molecule has 0 aliphatic heterocycles. The van der Waals surface area contributed by atoms with Gasteiger partial charge in [-0.1, -0.05) is 0 Å². The SMILES string of the molecule is CCn1nc(C)cc1CC(=O)CSC. The molecule has 0 spiro atoms. The number of ketones is 1. The highest BCUT2D eigenvalue weighted by atomic mass is 32.2. The topological polar surface area (TPSA) is 34.9 Å². The summed E-state index contributed by atoms with van der Waals surface area (Å²) in [6.07, 6.45) is 2.45. The predicted molar refractivity (Wildman–Crippen MR) is 59.7 cm³/mol. The van der Waals surface area contributed by atoms with Crippen LogP contribution in [0.3, 0.4) is 0 Å². The summed E-state index contributed by atoms with van der Waals surface area (Å²) in [7, 11) is 0. The first-order valence-electron chi connectivity index (χ1n) is 4.71. The van der Waals surface area contributed by atoms with E-state index in [0.717, 1.165) is 17.9 Å². The number of carbonyl (C=O) groups is 1. The molecule has 0 amide bonds. The van der Waals surface area contributed by atoms with Gasteiger partial charge in [-0.2, -0.15) is 16.9 Å². The van der Waals surface area contributed by atoms with Gasteiger partial charge in [0.2, 0.25) is 0 Å². The number of aryl methyl sites for hydroxylation is 2. The summed E-state index contributed by atoms with van der Waals surface area (Å²) in [5.74, 6) is 0.862. The van der Waals surface area contributed by atoms with Crippen LogP contribution in [0.15, 0.2) is 6.07 Å². The van der Waals surface area contributed by atoms with Gasteiger partial charge in [0.25, 0.3) is 0 Å². The van der Waals surface area contributed by atoms with Crippen molar-refractivity contribution in [1.29, 1.82) is 0 Å². The zero-order valence-corrected chi connectivity index (χ0v) is 9.73. The molecule has 0 fully saturated rings. The Morgan fingerprint density at radius 3 is 2.93 bits per heavy atom. The van der Waals surface area contributed by atoms with E-state index in [1.54, 1.807) is 11.8 Å². The van der Waals surface area contributed by atoms with Gasteiger partial charge in [-0.3, -0.25) is 9.48 Å². The molecule has 3 nitrogen and oxygen atoms in total. The van der Waals surface area contributed by atoms with Gasteiger partial charge in [-0.05, 0) is 26.2 Å². The molecule has 1 rings (SSSR count). The molecule has 1 aromatic heterocycles. The Labute approximate surface area is 88.9 Å². The van der Waals surface area contributed by atoms with Crippen molar-refractivity contribution >= 4 is 17.5 Å². The van der Waals surface area contributed by atoms with Gasteiger partial charge < -0.3 is 0 Å². The summed E-state index contributed by atoms with van der Waals surface area (Å²) in [6.45, 7) is 4.82. The molecule has 4 heteroatoms. The number of Topliss-reactive ketones (excluding diaryl/α,β-unsaturated/α-hetero) is 1. The number of carbonyl (C=O) groups excluding carboxylic acids is 1. The maximum absolute atomic E-state index is 11.4. The van der Waals surface area contributed by atoms with Crippen LogP contribution >= 0.6 is 11.8 Å². The number of nitrogens with zero attached hydrogens (tertiary/aromatic N) is 2. The second kappa shape index (κ2) is 5.20. The van der Waals surface area contributed by atoms with Crippen LogP contribution in [0.25, 0.3) is 0 Å². The van der Waals surface area contributed by atoms with Crippen LogP contribution in [0.5, 0.6) is 0 Å². The second-order valence-electron chi connectivity index (χ2n) is 3.24. The molecular formula is C10H16N2OS. The van der Waals surface area contributed by atoms with E-state index in [1.165, 1.54) is 0 Å². The lowest BCUT2D eigenvalue weighted by molar-refractivity contribution is -0.116. The summed E-state index contributed by atoms with van der Waals surface area (Å²) in [5.41, 5.74) is 2.02. The average Bonchev–Trinajstić information content (AvgIpc) is 2.46. The van der Waals surface area contributed by atoms with Gasteiger partial charge in [-0.15, -0.1) is 0 Å². The largest absolute Gasteiger partial charge is 0.298 e. The molecule has 0 saturated heterocycles. The highest BCUT2D eigenvalue weighted by molar-refractivity contribution is 7.99. The predicted octanol–water partition coefficient (Wildman–Crippen LogP) is 1.69. The van der Waals surface area contributed by atoms with E-state index in [2.05, 4.69) is 5.10 Å². The first kappa shape index (κ1) is 11.3. The van der Waals surface area contributed by atoms with Crippen LogP contribution in [-0.2, 0) is 17.8 Å². The number of aromatic nitrogens is 2. The van der Waals surface area contributed by atoms with Crippen molar-refractivity contribution in [2.75, 3.05) is 12.0 Å². The van der Waals surface area contributed by atoms with Gasteiger partial charge in [0.15, 0.2) is 0 Å². The molecule has 14 heavy (non-hydrogen) atoms. The molecule has 1 aromatic rings. The fourth-order valence-electron chi connectivity index (χ4n) is 1.43. The third-order valence-electron chi connectivity index (χ3n) is 1.97. The summed E-state index contributed by atoms with van der Waals surface area (Å²) >= 11 is 1.57. The van der Waals surface area contributed by atoms with Gasteiger partial charge in [0.1, 0.15) is 5.78 Å². The summed E-state index contributed by atoms with van der Waals surface area (Å²) in [6, 6.07) is 1.99. The van der Waals surface area contributed by atoms with E-state index >= 15 is 0 Å². The van der Waals surface area contributed by atoms with E-state index in [9.17, 15) is 4.79 Å². The number of thioether (sulfide) groups is 1. The molecule has 0 unspecified atom stereocenters. The quantitative estimate of drug-likeness (QED) is 0.745. The maximum atomic E-state index is 11.4. The van der Waals surface area contributed by atoms with Crippen LogP contribution < -0.4 is 0 Å². The Morgan fingerprint density at radius 2 is 2.36 bits per heavy atom. The van der Waals surface area contributed by atoms with Gasteiger partial charge in [-0.25, -0.2) is 0 Å². The zero-order chi connectivity index (χ0) is 10.6. The molecule has 0 aromatic carbocycles. The standard InChI is InChI=1S/C10H16N2OS/c1-4-12-9(5-8(2)11-12)6-10(13)7-14-3/h5H,4,6-7H2,1-3H3. The minimum absolute atomic E-state index is 0.270. The third kappa shape index (κ3) is 2.87. The lowest BCUT2D eigenvalue weighted by Gasteiger charge is -2.02. The lowest BCUT2D eigenvalue weighted by Crippen LogP contribution is -2.10.